The molecule has 1 aromatic carbocycles. The van der Waals surface area contributed by atoms with Crippen LogP contribution in [0.1, 0.15) is 37.4 Å². The van der Waals surface area contributed by atoms with Gasteiger partial charge in [-0.15, -0.1) is 0 Å². The van der Waals surface area contributed by atoms with Crippen molar-refractivity contribution >= 4 is 16.2 Å². The van der Waals surface area contributed by atoms with Crippen LogP contribution >= 0.6 is 0 Å². The van der Waals surface area contributed by atoms with Gasteiger partial charge in [-0.1, -0.05) is 30.3 Å². The predicted molar refractivity (Wildman–Crippen MR) is 110 cm³/mol. The van der Waals surface area contributed by atoms with E-state index in [0.29, 0.717) is 25.6 Å². The standard InChI is InChI=1S/C20H27N5O2S/c1-23(2)20-21-15-17(16-9-4-3-5-10-16)19(22-20)18-11-8-14-25(18)28(26,27)24-12-6-7-13-24/h3-5,9-10,15,18H,6-8,11-14H2,1-2H3. The number of benzene rings is 1. The molecule has 0 aliphatic carbocycles. The van der Waals surface area contributed by atoms with Gasteiger partial charge in [0, 0.05) is 45.5 Å². The maximum atomic E-state index is 13.3. The smallest absolute Gasteiger partial charge is 0.282 e. The zero-order chi connectivity index (χ0) is 19.7. The van der Waals surface area contributed by atoms with Crippen molar-refractivity contribution in [3.05, 3.63) is 42.2 Å². The second kappa shape index (κ2) is 7.77. The molecule has 0 radical (unpaired) electrons. The van der Waals surface area contributed by atoms with Crippen molar-refractivity contribution in [2.45, 2.75) is 31.7 Å². The van der Waals surface area contributed by atoms with E-state index in [2.05, 4.69) is 4.98 Å². The fourth-order valence-electron chi connectivity index (χ4n) is 4.05. The van der Waals surface area contributed by atoms with Gasteiger partial charge in [0.2, 0.25) is 5.95 Å². The van der Waals surface area contributed by atoms with E-state index in [1.54, 1.807) is 8.61 Å². The quantitative estimate of drug-likeness (QED) is 0.770. The van der Waals surface area contributed by atoms with Gasteiger partial charge in [-0.05, 0) is 31.2 Å². The Morgan fingerprint density at radius 2 is 1.75 bits per heavy atom. The van der Waals surface area contributed by atoms with E-state index in [0.717, 1.165) is 42.5 Å². The van der Waals surface area contributed by atoms with Crippen LogP contribution in [0.4, 0.5) is 5.95 Å². The van der Waals surface area contributed by atoms with Crippen molar-refractivity contribution in [2.24, 2.45) is 0 Å². The lowest BCUT2D eigenvalue weighted by molar-refractivity contribution is 0.345. The lowest BCUT2D eigenvalue weighted by Gasteiger charge is -2.29. The molecule has 4 rings (SSSR count). The van der Waals surface area contributed by atoms with Gasteiger partial charge in [0.05, 0.1) is 11.7 Å². The summed E-state index contributed by atoms with van der Waals surface area (Å²) in [6.07, 6.45) is 5.31. The van der Waals surface area contributed by atoms with E-state index in [-0.39, 0.29) is 6.04 Å². The van der Waals surface area contributed by atoms with Gasteiger partial charge in [-0.25, -0.2) is 9.97 Å². The third kappa shape index (κ3) is 3.52. The Morgan fingerprint density at radius 3 is 2.43 bits per heavy atom. The second-order valence-corrected chi connectivity index (χ2v) is 9.49. The maximum Gasteiger partial charge on any atom is 0.282 e. The molecule has 2 saturated heterocycles. The van der Waals surface area contributed by atoms with Crippen LogP contribution in [0, 0.1) is 0 Å². The number of nitrogens with zero attached hydrogens (tertiary/aromatic N) is 5. The van der Waals surface area contributed by atoms with Crippen LogP contribution in [0.2, 0.25) is 0 Å². The zero-order valence-corrected chi connectivity index (χ0v) is 17.3. The number of hydrogen-bond donors (Lipinski definition) is 0. The summed E-state index contributed by atoms with van der Waals surface area (Å²) in [6.45, 7) is 1.77. The first kappa shape index (κ1) is 19.3. The van der Waals surface area contributed by atoms with E-state index in [1.165, 1.54) is 0 Å². The van der Waals surface area contributed by atoms with E-state index < -0.39 is 10.2 Å². The van der Waals surface area contributed by atoms with Crippen LogP contribution in [0.15, 0.2) is 36.5 Å². The second-order valence-electron chi connectivity index (χ2n) is 7.61. The number of anilines is 1. The topological polar surface area (TPSA) is 69.6 Å². The highest BCUT2D eigenvalue weighted by atomic mass is 32.2. The fraction of sp³-hybridized carbons (Fsp3) is 0.500. The van der Waals surface area contributed by atoms with Gasteiger partial charge in [0.1, 0.15) is 0 Å². The fourth-order valence-corrected chi connectivity index (χ4v) is 5.95. The van der Waals surface area contributed by atoms with Gasteiger partial charge in [0.25, 0.3) is 10.2 Å². The molecular formula is C20H27N5O2S. The van der Waals surface area contributed by atoms with Crippen molar-refractivity contribution in [1.82, 2.24) is 18.6 Å². The summed E-state index contributed by atoms with van der Waals surface area (Å²) in [4.78, 5) is 11.2. The van der Waals surface area contributed by atoms with Crippen molar-refractivity contribution in [1.29, 1.82) is 0 Å². The Bertz CT molecular complexity index is 927. The summed E-state index contributed by atoms with van der Waals surface area (Å²) in [5.74, 6) is 0.597. The van der Waals surface area contributed by atoms with Gasteiger partial charge in [-0.2, -0.15) is 17.0 Å². The van der Waals surface area contributed by atoms with Crippen LogP contribution in [-0.2, 0) is 10.2 Å². The largest absolute Gasteiger partial charge is 0.347 e. The summed E-state index contributed by atoms with van der Waals surface area (Å²) in [5.41, 5.74) is 2.71. The van der Waals surface area contributed by atoms with Crippen molar-refractivity contribution in [2.75, 3.05) is 38.6 Å². The van der Waals surface area contributed by atoms with Crippen LogP contribution in [0.3, 0.4) is 0 Å². The molecular weight excluding hydrogens is 374 g/mol. The summed E-state index contributed by atoms with van der Waals surface area (Å²) < 4.78 is 29.9. The van der Waals surface area contributed by atoms with Crippen LogP contribution < -0.4 is 4.90 Å². The first-order valence-corrected chi connectivity index (χ1v) is 11.2. The molecule has 0 N–H and O–H groups in total. The lowest BCUT2D eigenvalue weighted by Crippen LogP contribution is -2.42. The summed E-state index contributed by atoms with van der Waals surface area (Å²) in [7, 11) is 0.320. The molecule has 1 atom stereocenters. The molecule has 150 valence electrons. The first-order valence-electron chi connectivity index (χ1n) is 9.85. The van der Waals surface area contributed by atoms with Gasteiger partial charge < -0.3 is 4.90 Å². The molecule has 28 heavy (non-hydrogen) atoms. The molecule has 2 aliphatic heterocycles. The molecule has 0 amide bonds. The highest BCUT2D eigenvalue weighted by Crippen LogP contribution is 2.39. The van der Waals surface area contributed by atoms with Crippen LogP contribution in [-0.4, -0.2) is 60.7 Å². The molecule has 1 aromatic heterocycles. The van der Waals surface area contributed by atoms with E-state index >= 15 is 0 Å². The molecule has 1 unspecified atom stereocenters. The van der Waals surface area contributed by atoms with Crippen molar-refractivity contribution < 1.29 is 8.42 Å². The molecule has 3 heterocycles. The van der Waals surface area contributed by atoms with Gasteiger partial charge in [0.15, 0.2) is 0 Å². The minimum Gasteiger partial charge on any atom is -0.347 e. The number of hydrogen-bond acceptors (Lipinski definition) is 5. The minimum atomic E-state index is -3.48. The predicted octanol–water partition coefficient (Wildman–Crippen LogP) is 2.69. The van der Waals surface area contributed by atoms with E-state index in [4.69, 9.17) is 4.98 Å². The molecule has 0 bridgehead atoms. The minimum absolute atomic E-state index is 0.262. The molecule has 8 heteroatoms. The van der Waals surface area contributed by atoms with E-state index in [1.807, 2.05) is 55.5 Å². The molecule has 0 saturated carbocycles. The number of aromatic nitrogens is 2. The van der Waals surface area contributed by atoms with E-state index in [9.17, 15) is 8.42 Å². The van der Waals surface area contributed by atoms with Gasteiger partial charge in [-0.3, -0.25) is 0 Å². The Labute approximate surface area is 167 Å². The third-order valence-corrected chi connectivity index (χ3v) is 7.54. The van der Waals surface area contributed by atoms with Crippen molar-refractivity contribution in [3.63, 3.8) is 0 Å². The molecule has 2 aromatic rings. The summed E-state index contributed by atoms with van der Waals surface area (Å²) >= 11 is 0. The Kier molecular flexibility index (Phi) is 5.35. The summed E-state index contributed by atoms with van der Waals surface area (Å²) in [5, 5.41) is 0. The van der Waals surface area contributed by atoms with Crippen molar-refractivity contribution in [3.8, 4) is 11.1 Å². The average Bonchev–Trinajstić information content (AvgIpc) is 3.40. The Balaban J connectivity index is 1.79. The Hall–Kier alpha value is -2.03. The highest BCUT2D eigenvalue weighted by Gasteiger charge is 2.41. The molecule has 0 spiro atoms. The molecule has 2 fully saturated rings. The van der Waals surface area contributed by atoms with Gasteiger partial charge >= 0.3 is 0 Å². The number of rotatable bonds is 5. The van der Waals surface area contributed by atoms with Crippen LogP contribution in [0.5, 0.6) is 0 Å². The molecule has 2 aliphatic rings. The lowest BCUT2D eigenvalue weighted by atomic mass is 10.0. The third-order valence-electron chi connectivity index (χ3n) is 5.50. The zero-order valence-electron chi connectivity index (χ0n) is 16.5. The average molecular weight is 402 g/mol. The Morgan fingerprint density at radius 1 is 1.04 bits per heavy atom. The molecule has 7 nitrogen and oxygen atoms in total. The first-order chi connectivity index (χ1) is 13.5. The highest BCUT2D eigenvalue weighted by molar-refractivity contribution is 7.86. The normalized spacial score (nSPS) is 21.3. The SMILES string of the molecule is CN(C)c1ncc(-c2ccccc2)c(C2CCCN2S(=O)(=O)N2CCCC2)n1. The summed E-state index contributed by atoms with van der Waals surface area (Å²) in [6, 6.07) is 9.70. The van der Waals surface area contributed by atoms with Crippen LogP contribution in [0.25, 0.3) is 11.1 Å². The maximum absolute atomic E-state index is 13.3. The monoisotopic (exact) mass is 401 g/mol.